The van der Waals surface area contributed by atoms with Gasteiger partial charge in [-0.05, 0) is 31.4 Å². The molecule has 0 spiro atoms. The van der Waals surface area contributed by atoms with Gasteiger partial charge in [-0.1, -0.05) is 22.0 Å². The van der Waals surface area contributed by atoms with Crippen molar-refractivity contribution in [3.05, 3.63) is 28.2 Å². The average Bonchev–Trinajstić information content (AvgIpc) is 2.31. The van der Waals surface area contributed by atoms with Crippen LogP contribution in [-0.2, 0) is 4.74 Å². The maximum Gasteiger partial charge on any atom is 0.127 e. The first-order valence-corrected chi connectivity index (χ1v) is 6.27. The fraction of sp³-hybridized carbons (Fsp3) is 0.417. The van der Waals surface area contributed by atoms with Crippen molar-refractivity contribution in [2.75, 3.05) is 11.9 Å². The first-order chi connectivity index (χ1) is 7.81. The number of hydrogen-bond donors (Lipinski definition) is 2. The minimum absolute atomic E-state index is 0.0850. The van der Waals surface area contributed by atoms with Crippen molar-refractivity contribution in [2.45, 2.75) is 25.5 Å². The topological polar surface area (TPSA) is 45.1 Å². The number of halogens is 1. The Hall–Kier alpha value is -0.870. The molecule has 0 radical (unpaired) electrons. The van der Waals surface area contributed by atoms with Crippen molar-refractivity contribution in [3.8, 4) is 0 Å². The van der Waals surface area contributed by atoms with Crippen molar-refractivity contribution >= 4 is 27.8 Å². The van der Waals surface area contributed by atoms with Gasteiger partial charge in [0.05, 0.1) is 0 Å². The van der Waals surface area contributed by atoms with E-state index in [4.69, 9.17) is 10.1 Å². The van der Waals surface area contributed by atoms with Crippen LogP contribution in [0, 0.1) is 5.41 Å². The molecule has 2 rings (SSSR count). The molecule has 0 saturated carbocycles. The molecule has 1 aliphatic heterocycles. The van der Waals surface area contributed by atoms with Crippen LogP contribution in [0.2, 0.25) is 0 Å². The zero-order chi connectivity index (χ0) is 11.4. The van der Waals surface area contributed by atoms with Gasteiger partial charge in [0.2, 0.25) is 0 Å². The summed E-state index contributed by atoms with van der Waals surface area (Å²) in [7, 11) is 0. The fourth-order valence-electron chi connectivity index (χ4n) is 1.84. The minimum Gasteiger partial charge on any atom is -0.360 e. The lowest BCUT2D eigenvalue weighted by molar-refractivity contribution is 0.0343. The Balaban J connectivity index is 2.13. The Morgan fingerprint density at radius 1 is 1.44 bits per heavy atom. The number of hydrogen-bond acceptors (Lipinski definition) is 3. The van der Waals surface area contributed by atoms with E-state index in [9.17, 15) is 0 Å². The third kappa shape index (κ3) is 2.62. The summed E-state index contributed by atoms with van der Waals surface area (Å²) in [5.74, 6) is 0. The lowest BCUT2D eigenvalue weighted by Gasteiger charge is -2.25. The van der Waals surface area contributed by atoms with Crippen LogP contribution in [0.25, 0.3) is 0 Å². The van der Waals surface area contributed by atoms with Gasteiger partial charge in [-0.15, -0.1) is 0 Å². The molecule has 4 heteroatoms. The van der Waals surface area contributed by atoms with E-state index < -0.39 is 0 Å². The largest absolute Gasteiger partial charge is 0.360 e. The van der Waals surface area contributed by atoms with Gasteiger partial charge in [0.15, 0.2) is 0 Å². The molecule has 0 aliphatic carbocycles. The van der Waals surface area contributed by atoms with Crippen LogP contribution in [-0.4, -0.2) is 19.0 Å². The van der Waals surface area contributed by atoms with Crippen molar-refractivity contribution < 1.29 is 4.74 Å². The van der Waals surface area contributed by atoms with Crippen molar-refractivity contribution in [2.24, 2.45) is 0 Å². The van der Waals surface area contributed by atoms with E-state index in [1.54, 1.807) is 0 Å². The second-order valence-electron chi connectivity index (χ2n) is 3.84. The molecular weight excluding hydrogens is 268 g/mol. The maximum absolute atomic E-state index is 7.41. The molecule has 1 aromatic carbocycles. The molecule has 1 aromatic rings. The quantitative estimate of drug-likeness (QED) is 0.835. The molecule has 2 N–H and O–H groups in total. The van der Waals surface area contributed by atoms with E-state index in [1.165, 1.54) is 12.6 Å². The van der Waals surface area contributed by atoms with Crippen molar-refractivity contribution in [1.29, 1.82) is 5.41 Å². The number of ether oxygens (including phenoxy) is 1. The van der Waals surface area contributed by atoms with E-state index >= 15 is 0 Å². The predicted octanol–water partition coefficient (Wildman–Crippen LogP) is 3.39. The third-order valence-corrected chi connectivity index (χ3v) is 3.38. The zero-order valence-electron chi connectivity index (χ0n) is 9.00. The summed E-state index contributed by atoms with van der Waals surface area (Å²) in [6, 6.07) is 5.87. The van der Waals surface area contributed by atoms with Crippen LogP contribution in [0.5, 0.6) is 0 Å². The summed E-state index contributed by atoms with van der Waals surface area (Å²) >= 11 is 3.44. The first-order valence-electron chi connectivity index (χ1n) is 5.48. The molecule has 1 saturated heterocycles. The van der Waals surface area contributed by atoms with Crippen LogP contribution in [0.1, 0.15) is 24.8 Å². The van der Waals surface area contributed by atoms with Gasteiger partial charge in [-0.2, -0.15) is 0 Å². The minimum atomic E-state index is 0.0850. The number of benzene rings is 1. The Morgan fingerprint density at radius 3 is 3.00 bits per heavy atom. The molecule has 1 aliphatic rings. The number of anilines is 1. The van der Waals surface area contributed by atoms with Crippen molar-refractivity contribution in [3.63, 3.8) is 0 Å². The van der Waals surface area contributed by atoms with Gasteiger partial charge in [-0.3, -0.25) is 0 Å². The number of nitrogens with one attached hydrogen (secondary N) is 2. The highest BCUT2D eigenvalue weighted by molar-refractivity contribution is 9.10. The summed E-state index contributed by atoms with van der Waals surface area (Å²) in [5.41, 5.74) is 1.83. The van der Waals surface area contributed by atoms with E-state index in [-0.39, 0.29) is 6.23 Å². The Labute approximate surface area is 104 Å². The molecule has 3 nitrogen and oxygen atoms in total. The van der Waals surface area contributed by atoms with Gasteiger partial charge in [0.1, 0.15) is 6.23 Å². The normalized spacial score (nSPS) is 20.4. The molecule has 1 unspecified atom stereocenters. The maximum atomic E-state index is 7.41. The standard InChI is InChI=1S/C12H15BrN2O/c13-10-4-3-5-11(9(10)8-14)15-12-6-1-2-7-16-12/h3-5,8,12,14-15H,1-2,6-7H2. The number of rotatable bonds is 3. The molecule has 86 valence electrons. The predicted molar refractivity (Wildman–Crippen MR) is 69.2 cm³/mol. The van der Waals surface area contributed by atoms with Gasteiger partial charge in [0.25, 0.3) is 0 Å². The van der Waals surface area contributed by atoms with Crippen LogP contribution in [0.15, 0.2) is 22.7 Å². The highest BCUT2D eigenvalue weighted by Crippen LogP contribution is 2.25. The van der Waals surface area contributed by atoms with E-state index in [0.29, 0.717) is 0 Å². The van der Waals surface area contributed by atoms with Gasteiger partial charge in [-0.25, -0.2) is 0 Å². The summed E-state index contributed by atoms with van der Waals surface area (Å²) in [5, 5.41) is 10.7. The first kappa shape index (κ1) is 11.6. The summed E-state index contributed by atoms with van der Waals surface area (Å²) in [6.07, 6.45) is 4.82. The average molecular weight is 283 g/mol. The molecule has 16 heavy (non-hydrogen) atoms. The summed E-state index contributed by atoms with van der Waals surface area (Å²) < 4.78 is 6.55. The Morgan fingerprint density at radius 2 is 2.31 bits per heavy atom. The molecule has 1 fully saturated rings. The van der Waals surface area contributed by atoms with Crippen LogP contribution in [0.4, 0.5) is 5.69 Å². The molecular formula is C12H15BrN2O. The van der Waals surface area contributed by atoms with Crippen LogP contribution in [0.3, 0.4) is 0 Å². The van der Waals surface area contributed by atoms with Crippen LogP contribution < -0.4 is 5.32 Å². The van der Waals surface area contributed by atoms with Gasteiger partial charge in [0, 0.05) is 28.5 Å². The Kier molecular flexibility index (Phi) is 3.96. The summed E-state index contributed by atoms with van der Waals surface area (Å²) in [4.78, 5) is 0. The highest BCUT2D eigenvalue weighted by atomic mass is 79.9. The SMILES string of the molecule is N=Cc1c(Br)cccc1NC1CCCCO1. The monoisotopic (exact) mass is 282 g/mol. The van der Waals surface area contributed by atoms with Crippen molar-refractivity contribution in [1.82, 2.24) is 0 Å². The van der Waals surface area contributed by atoms with E-state index in [0.717, 1.165) is 35.2 Å². The molecule has 0 bridgehead atoms. The van der Waals surface area contributed by atoms with E-state index in [1.807, 2.05) is 18.2 Å². The lowest BCUT2D eigenvalue weighted by Crippen LogP contribution is -2.27. The molecule has 1 heterocycles. The molecule has 0 aromatic heterocycles. The second-order valence-corrected chi connectivity index (χ2v) is 4.70. The third-order valence-electron chi connectivity index (χ3n) is 2.69. The fourth-order valence-corrected chi connectivity index (χ4v) is 2.32. The lowest BCUT2D eigenvalue weighted by atomic mass is 10.1. The van der Waals surface area contributed by atoms with E-state index in [2.05, 4.69) is 21.2 Å². The molecule has 0 amide bonds. The zero-order valence-corrected chi connectivity index (χ0v) is 10.6. The van der Waals surface area contributed by atoms with Gasteiger partial charge < -0.3 is 15.5 Å². The van der Waals surface area contributed by atoms with Gasteiger partial charge >= 0.3 is 0 Å². The molecule has 1 atom stereocenters. The highest BCUT2D eigenvalue weighted by Gasteiger charge is 2.14. The Bertz CT molecular complexity index is 375. The second kappa shape index (κ2) is 5.46. The summed E-state index contributed by atoms with van der Waals surface area (Å²) in [6.45, 7) is 0.825. The smallest absolute Gasteiger partial charge is 0.127 e. The van der Waals surface area contributed by atoms with Crippen LogP contribution >= 0.6 is 15.9 Å².